The summed E-state index contributed by atoms with van der Waals surface area (Å²) in [4.78, 5) is 0. The van der Waals surface area contributed by atoms with Crippen LogP contribution in [0.3, 0.4) is 0 Å². The van der Waals surface area contributed by atoms with Crippen molar-refractivity contribution < 1.29 is 0 Å². The summed E-state index contributed by atoms with van der Waals surface area (Å²) in [5.41, 5.74) is 4.53. The minimum Gasteiger partial charge on any atom is -0.0925 e. The summed E-state index contributed by atoms with van der Waals surface area (Å²) in [6.45, 7) is 9.93. The average Bonchev–Trinajstić information content (AvgIpc) is 2.22. The van der Waals surface area contributed by atoms with Crippen LogP contribution < -0.4 is 0 Å². The van der Waals surface area contributed by atoms with Crippen molar-refractivity contribution in [3.8, 4) is 0 Å². The highest BCUT2D eigenvalue weighted by Gasteiger charge is 2.49. The van der Waals surface area contributed by atoms with E-state index in [1.54, 1.807) is 11.1 Å². The van der Waals surface area contributed by atoms with Gasteiger partial charge in [-0.05, 0) is 55.8 Å². The molecule has 1 unspecified atom stereocenters. The second-order valence-corrected chi connectivity index (χ2v) is 7.84. The molecule has 0 aromatic carbocycles. The van der Waals surface area contributed by atoms with Gasteiger partial charge in [0.25, 0.3) is 0 Å². The van der Waals surface area contributed by atoms with Gasteiger partial charge in [-0.2, -0.15) is 0 Å². The number of hydrogen-bond acceptors (Lipinski definition) is 0. The number of allylic oxidation sites excluding steroid dienone is 2. The van der Waals surface area contributed by atoms with E-state index in [2.05, 4.69) is 43.6 Å². The van der Waals surface area contributed by atoms with Crippen molar-refractivity contribution in [2.75, 3.05) is 5.33 Å². The molecule has 2 atom stereocenters. The van der Waals surface area contributed by atoms with Crippen molar-refractivity contribution in [1.29, 1.82) is 0 Å². The van der Waals surface area contributed by atoms with Gasteiger partial charge in [0.15, 0.2) is 0 Å². The Morgan fingerprint density at radius 1 is 1.24 bits per heavy atom. The first-order valence-corrected chi connectivity index (χ1v) is 8.29. The fraction of sp³-hybridized carbons (Fsp3) is 0.875. The lowest BCUT2D eigenvalue weighted by Crippen LogP contribution is -2.45. The van der Waals surface area contributed by atoms with Gasteiger partial charge >= 0.3 is 0 Å². The van der Waals surface area contributed by atoms with Gasteiger partial charge in [-0.1, -0.05) is 54.3 Å². The predicted molar refractivity (Wildman–Crippen MR) is 79.6 cm³/mol. The van der Waals surface area contributed by atoms with Crippen molar-refractivity contribution in [1.82, 2.24) is 0 Å². The van der Waals surface area contributed by atoms with Crippen molar-refractivity contribution >= 4 is 15.9 Å². The molecular formula is C16H27Br. The van der Waals surface area contributed by atoms with E-state index in [0.29, 0.717) is 10.8 Å². The molecular weight excluding hydrogens is 272 g/mol. The molecule has 0 N–H and O–H groups in total. The molecule has 1 saturated carbocycles. The highest BCUT2D eigenvalue weighted by atomic mass is 79.9. The van der Waals surface area contributed by atoms with Crippen molar-refractivity contribution in [3.63, 3.8) is 0 Å². The van der Waals surface area contributed by atoms with Crippen LogP contribution in [0.25, 0.3) is 0 Å². The number of halogens is 1. The first kappa shape index (κ1) is 13.6. The summed E-state index contributed by atoms with van der Waals surface area (Å²) in [5, 5.41) is 1.13. The van der Waals surface area contributed by atoms with Crippen LogP contribution in [0.5, 0.6) is 0 Å². The van der Waals surface area contributed by atoms with E-state index >= 15 is 0 Å². The lowest BCUT2D eigenvalue weighted by Gasteiger charge is -2.55. The van der Waals surface area contributed by atoms with Crippen LogP contribution >= 0.6 is 15.9 Å². The van der Waals surface area contributed by atoms with Crippen molar-refractivity contribution in [3.05, 3.63) is 11.1 Å². The monoisotopic (exact) mass is 298 g/mol. The Morgan fingerprint density at radius 2 is 1.94 bits per heavy atom. The standard InChI is InChI=1S/C16H27Br/c1-12-6-7-14-15(2,3)9-5-10-16(14,4)13(12)8-11-17/h14H,5-11H2,1-4H3/t14?,16-/m1/s1. The van der Waals surface area contributed by atoms with E-state index in [0.717, 1.165) is 11.2 Å². The van der Waals surface area contributed by atoms with E-state index in [-0.39, 0.29) is 0 Å². The average molecular weight is 299 g/mol. The molecule has 2 aliphatic carbocycles. The molecule has 2 aliphatic rings. The Labute approximate surface area is 115 Å². The molecule has 98 valence electrons. The maximum absolute atomic E-state index is 3.65. The van der Waals surface area contributed by atoms with Gasteiger partial charge in [-0.3, -0.25) is 0 Å². The Morgan fingerprint density at radius 3 is 2.59 bits per heavy atom. The molecule has 0 nitrogen and oxygen atoms in total. The van der Waals surface area contributed by atoms with Crippen LogP contribution in [0.4, 0.5) is 0 Å². The molecule has 0 spiro atoms. The van der Waals surface area contributed by atoms with Crippen molar-refractivity contribution in [2.45, 2.75) is 66.2 Å². The lowest BCUT2D eigenvalue weighted by atomic mass is 9.50. The Kier molecular flexibility index (Phi) is 3.79. The third kappa shape index (κ3) is 2.25. The fourth-order valence-corrected chi connectivity index (χ4v) is 5.18. The summed E-state index contributed by atoms with van der Waals surface area (Å²) in [6.07, 6.45) is 8.27. The summed E-state index contributed by atoms with van der Waals surface area (Å²) in [5.74, 6) is 0.904. The summed E-state index contributed by atoms with van der Waals surface area (Å²) in [6, 6.07) is 0. The molecule has 0 aliphatic heterocycles. The Balaban J connectivity index is 2.39. The zero-order valence-corrected chi connectivity index (χ0v) is 13.5. The lowest BCUT2D eigenvalue weighted by molar-refractivity contribution is 0.0110. The number of hydrogen-bond donors (Lipinski definition) is 0. The van der Waals surface area contributed by atoms with Gasteiger partial charge in [0.2, 0.25) is 0 Å². The van der Waals surface area contributed by atoms with Crippen molar-refractivity contribution in [2.24, 2.45) is 16.7 Å². The fourth-order valence-electron chi connectivity index (χ4n) is 4.79. The molecule has 0 radical (unpaired) electrons. The normalized spacial score (nSPS) is 36.9. The smallest absolute Gasteiger partial charge is 0.00688 e. The van der Waals surface area contributed by atoms with Gasteiger partial charge in [0.1, 0.15) is 0 Å². The van der Waals surface area contributed by atoms with Crippen LogP contribution in [-0.4, -0.2) is 5.33 Å². The van der Waals surface area contributed by atoms with E-state index in [1.165, 1.54) is 38.5 Å². The summed E-state index contributed by atoms with van der Waals surface area (Å²) < 4.78 is 0. The SMILES string of the molecule is CC1=C(CCBr)[C@@]2(C)CCCC(C)(C)C2CC1. The molecule has 0 aromatic heterocycles. The van der Waals surface area contributed by atoms with E-state index in [4.69, 9.17) is 0 Å². The summed E-state index contributed by atoms with van der Waals surface area (Å²) >= 11 is 3.65. The third-order valence-electron chi connectivity index (χ3n) is 5.59. The molecule has 0 aromatic rings. The Bertz CT molecular complexity index is 326. The molecule has 1 heteroatoms. The minimum absolute atomic E-state index is 0.498. The van der Waals surface area contributed by atoms with Crippen LogP contribution in [0, 0.1) is 16.7 Å². The topological polar surface area (TPSA) is 0 Å². The predicted octanol–water partition coefficient (Wildman–Crippen LogP) is 5.71. The number of rotatable bonds is 2. The number of fused-ring (bicyclic) bond motifs is 1. The maximum Gasteiger partial charge on any atom is 0.00688 e. The maximum atomic E-state index is 3.65. The van der Waals surface area contributed by atoms with Gasteiger partial charge in [-0.15, -0.1) is 0 Å². The van der Waals surface area contributed by atoms with Crippen LogP contribution in [0.1, 0.15) is 66.2 Å². The quantitative estimate of drug-likeness (QED) is 0.452. The van der Waals surface area contributed by atoms with Gasteiger partial charge in [0, 0.05) is 5.33 Å². The molecule has 1 fully saturated rings. The second-order valence-electron chi connectivity index (χ2n) is 7.05. The molecule has 17 heavy (non-hydrogen) atoms. The first-order valence-electron chi connectivity index (χ1n) is 7.17. The van der Waals surface area contributed by atoms with Gasteiger partial charge < -0.3 is 0 Å². The largest absolute Gasteiger partial charge is 0.0925 e. The zero-order valence-electron chi connectivity index (χ0n) is 11.9. The van der Waals surface area contributed by atoms with Crippen LogP contribution in [0.15, 0.2) is 11.1 Å². The highest BCUT2D eigenvalue weighted by Crippen LogP contribution is 2.60. The van der Waals surface area contributed by atoms with Crippen LogP contribution in [-0.2, 0) is 0 Å². The van der Waals surface area contributed by atoms with E-state index in [1.807, 2.05) is 0 Å². The van der Waals surface area contributed by atoms with Gasteiger partial charge in [0.05, 0.1) is 0 Å². The van der Waals surface area contributed by atoms with Crippen LogP contribution in [0.2, 0.25) is 0 Å². The minimum atomic E-state index is 0.498. The molecule has 0 amide bonds. The van der Waals surface area contributed by atoms with Gasteiger partial charge in [-0.25, -0.2) is 0 Å². The number of alkyl halides is 1. The molecule has 2 rings (SSSR count). The third-order valence-corrected chi connectivity index (χ3v) is 5.98. The highest BCUT2D eigenvalue weighted by molar-refractivity contribution is 9.09. The van der Waals surface area contributed by atoms with E-state index in [9.17, 15) is 0 Å². The molecule has 0 heterocycles. The molecule has 0 bridgehead atoms. The summed E-state index contributed by atoms with van der Waals surface area (Å²) in [7, 11) is 0. The first-order chi connectivity index (χ1) is 7.92. The van der Waals surface area contributed by atoms with E-state index < -0.39 is 0 Å². The zero-order chi connectivity index (χ0) is 12.7. The Hall–Kier alpha value is 0.220. The molecule has 0 saturated heterocycles. The second kappa shape index (κ2) is 4.72.